The third-order valence-electron chi connectivity index (χ3n) is 6.19. The van der Waals surface area contributed by atoms with Crippen LogP contribution in [0, 0.1) is 0 Å². The number of rotatable bonds is 8. The Bertz CT molecular complexity index is 1030. The van der Waals surface area contributed by atoms with Crippen LogP contribution in [0.5, 0.6) is 0 Å². The minimum atomic E-state index is -0.250. The first kappa shape index (κ1) is 22.8. The lowest BCUT2D eigenvalue weighted by Gasteiger charge is -2.17. The molecule has 1 saturated heterocycles. The summed E-state index contributed by atoms with van der Waals surface area (Å²) in [5, 5.41) is 12.8. The van der Waals surface area contributed by atoms with Gasteiger partial charge in [-0.2, -0.15) is 4.99 Å². The fourth-order valence-electron chi connectivity index (χ4n) is 4.01. The lowest BCUT2D eigenvalue weighted by atomic mass is 10.0. The SMILES string of the molecule is CCC(CC)NC(=O)c1cccc(Nc2ccc(C(=O)N=C3NCCCN3)cc2C2CC2)c1. The van der Waals surface area contributed by atoms with Crippen LogP contribution in [0.25, 0.3) is 0 Å². The van der Waals surface area contributed by atoms with Gasteiger partial charge in [0.15, 0.2) is 5.96 Å². The van der Waals surface area contributed by atoms with Gasteiger partial charge in [-0.3, -0.25) is 9.59 Å². The topological polar surface area (TPSA) is 94.6 Å². The van der Waals surface area contributed by atoms with Gasteiger partial charge in [0.25, 0.3) is 11.8 Å². The summed E-state index contributed by atoms with van der Waals surface area (Å²) in [7, 11) is 0. The van der Waals surface area contributed by atoms with Crippen LogP contribution in [0.3, 0.4) is 0 Å². The maximum Gasteiger partial charge on any atom is 0.280 e. The van der Waals surface area contributed by atoms with Gasteiger partial charge in [-0.05, 0) is 80.0 Å². The predicted molar refractivity (Wildman–Crippen MR) is 132 cm³/mol. The maximum atomic E-state index is 12.7. The highest BCUT2D eigenvalue weighted by Gasteiger charge is 2.27. The van der Waals surface area contributed by atoms with Gasteiger partial charge in [0, 0.05) is 41.6 Å². The molecule has 7 nitrogen and oxygen atoms in total. The highest BCUT2D eigenvalue weighted by atomic mass is 16.2. The number of nitrogens with zero attached hydrogens (tertiary/aromatic N) is 1. The first-order valence-electron chi connectivity index (χ1n) is 12.0. The van der Waals surface area contributed by atoms with Crippen molar-refractivity contribution in [3.63, 3.8) is 0 Å². The first-order valence-corrected chi connectivity index (χ1v) is 12.0. The number of carbonyl (C=O) groups excluding carboxylic acids is 2. The van der Waals surface area contributed by atoms with E-state index in [4.69, 9.17) is 0 Å². The van der Waals surface area contributed by atoms with Crippen molar-refractivity contribution in [1.29, 1.82) is 0 Å². The first-order chi connectivity index (χ1) is 16.1. The van der Waals surface area contributed by atoms with Crippen molar-refractivity contribution < 1.29 is 9.59 Å². The van der Waals surface area contributed by atoms with Gasteiger partial charge in [0.1, 0.15) is 0 Å². The minimum Gasteiger partial charge on any atom is -0.356 e. The van der Waals surface area contributed by atoms with E-state index in [1.54, 1.807) is 0 Å². The van der Waals surface area contributed by atoms with Crippen molar-refractivity contribution in [2.75, 3.05) is 18.4 Å². The lowest BCUT2D eigenvalue weighted by Crippen LogP contribution is -2.44. The average Bonchev–Trinajstić information content (AvgIpc) is 3.69. The molecule has 1 aliphatic carbocycles. The second-order valence-corrected chi connectivity index (χ2v) is 8.74. The normalized spacial score (nSPS) is 15.4. The summed E-state index contributed by atoms with van der Waals surface area (Å²) in [6.45, 7) is 5.80. The molecule has 4 rings (SSSR count). The maximum absolute atomic E-state index is 12.7. The van der Waals surface area contributed by atoms with Crippen molar-refractivity contribution in [2.24, 2.45) is 4.99 Å². The van der Waals surface area contributed by atoms with E-state index in [-0.39, 0.29) is 17.9 Å². The Morgan fingerprint density at radius 1 is 1.03 bits per heavy atom. The Morgan fingerprint density at radius 3 is 2.48 bits per heavy atom. The monoisotopic (exact) mass is 447 g/mol. The molecule has 174 valence electrons. The number of carbonyl (C=O) groups is 2. The molecule has 7 heteroatoms. The molecular formula is C26H33N5O2. The Kier molecular flexibility index (Phi) is 7.27. The summed E-state index contributed by atoms with van der Waals surface area (Å²) < 4.78 is 0. The van der Waals surface area contributed by atoms with Gasteiger partial charge in [-0.1, -0.05) is 19.9 Å². The summed E-state index contributed by atoms with van der Waals surface area (Å²) in [6, 6.07) is 13.4. The van der Waals surface area contributed by atoms with E-state index >= 15 is 0 Å². The van der Waals surface area contributed by atoms with Gasteiger partial charge >= 0.3 is 0 Å². The number of hydrogen-bond acceptors (Lipinski definition) is 3. The molecule has 0 radical (unpaired) electrons. The van der Waals surface area contributed by atoms with Crippen LogP contribution in [0.15, 0.2) is 47.5 Å². The zero-order valence-corrected chi connectivity index (χ0v) is 19.4. The van der Waals surface area contributed by atoms with Crippen LogP contribution in [-0.4, -0.2) is 36.9 Å². The number of amides is 2. The summed E-state index contributed by atoms with van der Waals surface area (Å²) in [5.41, 5.74) is 4.16. The Hall–Kier alpha value is -3.35. The molecule has 2 aromatic rings. The number of nitrogens with one attached hydrogen (secondary N) is 4. The fraction of sp³-hybridized carbons (Fsp3) is 0.423. The Balaban J connectivity index is 1.51. The second-order valence-electron chi connectivity index (χ2n) is 8.74. The number of anilines is 2. The number of benzene rings is 2. The summed E-state index contributed by atoms with van der Waals surface area (Å²) in [6.07, 6.45) is 5.06. The smallest absolute Gasteiger partial charge is 0.280 e. The van der Waals surface area contributed by atoms with Crippen molar-refractivity contribution in [2.45, 2.75) is 57.9 Å². The molecule has 2 fully saturated rings. The van der Waals surface area contributed by atoms with Gasteiger partial charge < -0.3 is 21.3 Å². The van der Waals surface area contributed by atoms with Crippen LogP contribution in [0.4, 0.5) is 11.4 Å². The lowest BCUT2D eigenvalue weighted by molar-refractivity contribution is 0.0934. The Labute approximate surface area is 195 Å². The number of aliphatic imine (C=N–C) groups is 1. The van der Waals surface area contributed by atoms with E-state index in [2.05, 4.69) is 40.1 Å². The largest absolute Gasteiger partial charge is 0.356 e. The van der Waals surface area contributed by atoms with Crippen LogP contribution in [-0.2, 0) is 0 Å². The van der Waals surface area contributed by atoms with E-state index in [1.807, 2.05) is 42.5 Å². The molecule has 2 aliphatic rings. The van der Waals surface area contributed by atoms with Gasteiger partial charge in [-0.25, -0.2) is 0 Å². The van der Waals surface area contributed by atoms with Gasteiger partial charge in [-0.15, -0.1) is 0 Å². The van der Waals surface area contributed by atoms with E-state index in [9.17, 15) is 9.59 Å². The van der Waals surface area contributed by atoms with Crippen molar-refractivity contribution >= 4 is 29.1 Å². The van der Waals surface area contributed by atoms with Crippen LogP contribution < -0.4 is 21.3 Å². The van der Waals surface area contributed by atoms with E-state index in [1.165, 1.54) is 0 Å². The summed E-state index contributed by atoms with van der Waals surface area (Å²) in [5.74, 6) is 0.685. The highest BCUT2D eigenvalue weighted by Crippen LogP contribution is 2.44. The van der Waals surface area contributed by atoms with Gasteiger partial charge in [0.05, 0.1) is 0 Å². The molecule has 0 aromatic heterocycles. The standard InChI is InChI=1S/C26H33N5O2/c1-3-20(4-2)30-24(32)18-7-5-8-21(15-18)29-23-12-11-19(16-22(23)17-9-10-17)25(33)31-26-27-13-6-14-28-26/h5,7-8,11-12,15-17,20,29H,3-4,6,9-10,13-14H2,1-2H3,(H,30,32)(H2,27,28,31,33). The summed E-state index contributed by atoms with van der Waals surface area (Å²) in [4.78, 5) is 29.5. The minimum absolute atomic E-state index is 0.0558. The van der Waals surface area contributed by atoms with Gasteiger partial charge in [0.2, 0.25) is 0 Å². The molecule has 4 N–H and O–H groups in total. The molecule has 33 heavy (non-hydrogen) atoms. The van der Waals surface area contributed by atoms with Crippen molar-refractivity contribution in [1.82, 2.24) is 16.0 Å². The van der Waals surface area contributed by atoms with Crippen molar-refractivity contribution in [3.8, 4) is 0 Å². The van der Waals surface area contributed by atoms with E-state index in [0.29, 0.717) is 23.0 Å². The zero-order chi connectivity index (χ0) is 23.2. The fourth-order valence-corrected chi connectivity index (χ4v) is 4.01. The van der Waals surface area contributed by atoms with Crippen LogP contribution in [0.2, 0.25) is 0 Å². The highest BCUT2D eigenvalue weighted by molar-refractivity contribution is 6.03. The molecule has 2 aromatic carbocycles. The molecular weight excluding hydrogens is 414 g/mol. The molecule has 0 unspecified atom stereocenters. The molecule has 1 aliphatic heterocycles. The number of guanidine groups is 1. The number of hydrogen-bond donors (Lipinski definition) is 4. The summed E-state index contributed by atoms with van der Waals surface area (Å²) >= 11 is 0. The quantitative estimate of drug-likeness (QED) is 0.484. The molecule has 0 spiro atoms. The third-order valence-corrected chi connectivity index (χ3v) is 6.19. The molecule has 0 bridgehead atoms. The zero-order valence-electron chi connectivity index (χ0n) is 19.4. The molecule has 2 amide bonds. The molecule has 1 heterocycles. The third kappa shape index (κ3) is 5.92. The Morgan fingerprint density at radius 2 is 1.79 bits per heavy atom. The van der Waals surface area contributed by atoms with E-state index < -0.39 is 0 Å². The van der Waals surface area contributed by atoms with Crippen LogP contribution in [0.1, 0.15) is 78.1 Å². The molecule has 1 saturated carbocycles. The second kappa shape index (κ2) is 10.5. The van der Waals surface area contributed by atoms with Crippen molar-refractivity contribution in [3.05, 3.63) is 59.2 Å². The predicted octanol–water partition coefficient (Wildman–Crippen LogP) is 4.31. The van der Waals surface area contributed by atoms with E-state index in [0.717, 1.165) is 62.1 Å². The molecule has 0 atom stereocenters. The average molecular weight is 448 g/mol. The van der Waals surface area contributed by atoms with Crippen LogP contribution >= 0.6 is 0 Å².